The normalized spacial score (nSPS) is 14.6. The molecule has 0 unspecified atom stereocenters. The van der Waals surface area contributed by atoms with Gasteiger partial charge in [0.2, 0.25) is 10.0 Å². The van der Waals surface area contributed by atoms with Crippen LogP contribution in [0.25, 0.3) is 0 Å². The van der Waals surface area contributed by atoms with Crippen LogP contribution in [0.4, 0.5) is 5.13 Å². The molecule has 1 N–H and O–H groups in total. The summed E-state index contributed by atoms with van der Waals surface area (Å²) in [5.41, 5.74) is 2.10. The number of carbonyl (C=O) groups excluding carboxylic acids is 1. The van der Waals surface area contributed by atoms with E-state index in [1.165, 1.54) is 21.7 Å². The molecule has 0 saturated heterocycles. The summed E-state index contributed by atoms with van der Waals surface area (Å²) in [7, 11) is -3.61. The van der Waals surface area contributed by atoms with Gasteiger partial charge in [-0.05, 0) is 37.5 Å². The summed E-state index contributed by atoms with van der Waals surface area (Å²) in [6, 6.07) is 4.67. The zero-order valence-corrected chi connectivity index (χ0v) is 16.8. The predicted molar refractivity (Wildman–Crippen MR) is 103 cm³/mol. The van der Waals surface area contributed by atoms with Crippen LogP contribution < -0.4 is 5.32 Å². The molecular formula is C18H23N3O3S2. The topological polar surface area (TPSA) is 79.4 Å². The van der Waals surface area contributed by atoms with Crippen molar-refractivity contribution in [2.24, 2.45) is 0 Å². The van der Waals surface area contributed by atoms with Crippen LogP contribution in [0.15, 0.2) is 28.5 Å². The molecule has 26 heavy (non-hydrogen) atoms. The molecule has 1 aliphatic carbocycles. The molecule has 2 aromatic rings. The minimum Gasteiger partial charge on any atom is -0.298 e. The van der Waals surface area contributed by atoms with Gasteiger partial charge in [-0.25, -0.2) is 13.4 Å². The first kappa shape index (κ1) is 19.0. The molecule has 0 radical (unpaired) electrons. The third kappa shape index (κ3) is 3.82. The number of sulfonamides is 1. The fourth-order valence-corrected chi connectivity index (χ4v) is 5.07. The smallest absolute Gasteiger partial charge is 0.257 e. The minimum absolute atomic E-state index is 0.134. The zero-order valence-electron chi connectivity index (χ0n) is 15.2. The van der Waals surface area contributed by atoms with Gasteiger partial charge in [0.25, 0.3) is 5.91 Å². The standard InChI is InChI=1S/C18H23N3O3S2/c1-4-21(5-2)26(23,24)14-9-6-12(3)15(10-14)17(22)20-18-19-16(11-25-18)13-7-8-13/h6,9-11,13H,4-5,7-8H2,1-3H3,(H,19,20,22). The number of anilines is 1. The quantitative estimate of drug-likeness (QED) is 0.779. The fourth-order valence-electron chi connectivity index (χ4n) is 2.79. The molecule has 6 nitrogen and oxygen atoms in total. The summed E-state index contributed by atoms with van der Waals surface area (Å²) in [5, 5.41) is 5.32. The van der Waals surface area contributed by atoms with E-state index in [9.17, 15) is 13.2 Å². The number of rotatable bonds is 7. The fraction of sp³-hybridized carbons (Fsp3) is 0.444. The van der Waals surface area contributed by atoms with Crippen molar-refractivity contribution in [1.82, 2.24) is 9.29 Å². The maximum Gasteiger partial charge on any atom is 0.257 e. The number of benzene rings is 1. The Balaban J connectivity index is 1.85. The van der Waals surface area contributed by atoms with E-state index in [0.717, 1.165) is 24.1 Å². The van der Waals surface area contributed by atoms with Crippen LogP contribution in [0.3, 0.4) is 0 Å². The van der Waals surface area contributed by atoms with Gasteiger partial charge in [0, 0.05) is 30.0 Å². The van der Waals surface area contributed by atoms with E-state index in [2.05, 4.69) is 10.3 Å². The largest absolute Gasteiger partial charge is 0.298 e. The number of aryl methyl sites for hydroxylation is 1. The molecule has 0 atom stereocenters. The maximum atomic E-state index is 12.7. The van der Waals surface area contributed by atoms with Crippen LogP contribution in [0.5, 0.6) is 0 Å². The highest BCUT2D eigenvalue weighted by Gasteiger charge is 2.27. The Bertz CT molecular complexity index is 914. The number of thiazole rings is 1. The van der Waals surface area contributed by atoms with E-state index in [-0.39, 0.29) is 10.8 Å². The molecule has 0 aliphatic heterocycles. The number of amides is 1. The van der Waals surface area contributed by atoms with Crippen LogP contribution in [0, 0.1) is 6.92 Å². The van der Waals surface area contributed by atoms with E-state index < -0.39 is 10.0 Å². The third-order valence-electron chi connectivity index (χ3n) is 4.53. The van der Waals surface area contributed by atoms with Gasteiger partial charge in [0.1, 0.15) is 0 Å². The van der Waals surface area contributed by atoms with E-state index >= 15 is 0 Å². The zero-order chi connectivity index (χ0) is 18.9. The van der Waals surface area contributed by atoms with Gasteiger partial charge in [0.05, 0.1) is 10.6 Å². The highest BCUT2D eigenvalue weighted by atomic mass is 32.2. The molecule has 3 rings (SSSR count). The second-order valence-corrected chi connectivity index (χ2v) is 9.17. The van der Waals surface area contributed by atoms with Crippen molar-refractivity contribution in [1.29, 1.82) is 0 Å². The molecule has 0 bridgehead atoms. The van der Waals surface area contributed by atoms with E-state index in [4.69, 9.17) is 0 Å². The third-order valence-corrected chi connectivity index (χ3v) is 7.36. The summed E-state index contributed by atoms with van der Waals surface area (Å²) < 4.78 is 26.8. The van der Waals surface area contributed by atoms with Crippen molar-refractivity contribution in [3.05, 3.63) is 40.4 Å². The van der Waals surface area contributed by atoms with Gasteiger partial charge >= 0.3 is 0 Å². The molecule has 1 heterocycles. The molecule has 0 spiro atoms. The Morgan fingerprint density at radius 1 is 1.31 bits per heavy atom. The Morgan fingerprint density at radius 2 is 2.00 bits per heavy atom. The number of carbonyl (C=O) groups is 1. The Hall–Kier alpha value is -1.77. The van der Waals surface area contributed by atoms with E-state index in [1.807, 2.05) is 5.38 Å². The SMILES string of the molecule is CCN(CC)S(=O)(=O)c1ccc(C)c(C(=O)Nc2nc(C3CC3)cs2)c1. The summed E-state index contributed by atoms with van der Waals surface area (Å²) in [4.78, 5) is 17.3. The first-order valence-corrected chi connectivity index (χ1v) is 11.1. The number of nitrogens with one attached hydrogen (secondary N) is 1. The molecule has 1 fully saturated rings. The molecule has 1 aliphatic rings. The van der Waals surface area contributed by atoms with E-state index in [0.29, 0.717) is 29.7 Å². The molecule has 1 amide bonds. The summed E-state index contributed by atoms with van der Waals surface area (Å²) in [6.07, 6.45) is 2.31. The molecule has 1 aromatic heterocycles. The van der Waals surface area contributed by atoms with Crippen LogP contribution in [-0.2, 0) is 10.0 Å². The monoisotopic (exact) mass is 393 g/mol. The summed E-state index contributed by atoms with van der Waals surface area (Å²) >= 11 is 1.40. The van der Waals surface area contributed by atoms with Crippen molar-refractivity contribution in [2.45, 2.75) is 44.4 Å². The lowest BCUT2D eigenvalue weighted by Crippen LogP contribution is -2.30. The lowest BCUT2D eigenvalue weighted by Gasteiger charge is -2.19. The minimum atomic E-state index is -3.61. The second kappa shape index (κ2) is 7.46. The molecule has 8 heteroatoms. The molecular weight excluding hydrogens is 370 g/mol. The predicted octanol–water partition coefficient (Wildman–Crippen LogP) is 3.61. The Morgan fingerprint density at radius 3 is 2.62 bits per heavy atom. The lowest BCUT2D eigenvalue weighted by atomic mass is 10.1. The maximum absolute atomic E-state index is 12.7. The van der Waals surface area contributed by atoms with E-state index in [1.54, 1.807) is 32.9 Å². The highest BCUT2D eigenvalue weighted by Crippen LogP contribution is 2.40. The van der Waals surface area contributed by atoms with Gasteiger partial charge in [0.15, 0.2) is 5.13 Å². The van der Waals surface area contributed by atoms with Gasteiger partial charge in [-0.1, -0.05) is 19.9 Å². The Kier molecular flexibility index (Phi) is 5.45. The number of hydrogen-bond donors (Lipinski definition) is 1. The van der Waals surface area contributed by atoms with Crippen LogP contribution in [0.2, 0.25) is 0 Å². The highest BCUT2D eigenvalue weighted by molar-refractivity contribution is 7.89. The van der Waals surface area contributed by atoms with Crippen molar-refractivity contribution in [3.63, 3.8) is 0 Å². The van der Waals surface area contributed by atoms with Crippen LogP contribution in [-0.4, -0.2) is 36.7 Å². The van der Waals surface area contributed by atoms with Gasteiger partial charge in [-0.2, -0.15) is 4.31 Å². The lowest BCUT2D eigenvalue weighted by molar-refractivity contribution is 0.102. The van der Waals surface area contributed by atoms with Crippen LogP contribution >= 0.6 is 11.3 Å². The number of aromatic nitrogens is 1. The average molecular weight is 394 g/mol. The van der Waals surface area contributed by atoms with Crippen molar-refractivity contribution in [3.8, 4) is 0 Å². The summed E-state index contributed by atoms with van der Waals surface area (Å²) in [6.45, 7) is 6.15. The second-order valence-electron chi connectivity index (χ2n) is 6.37. The molecule has 1 aromatic carbocycles. The first-order valence-electron chi connectivity index (χ1n) is 8.74. The van der Waals surface area contributed by atoms with Gasteiger partial charge in [-0.15, -0.1) is 11.3 Å². The summed E-state index contributed by atoms with van der Waals surface area (Å²) in [5.74, 6) is 0.192. The molecule has 140 valence electrons. The number of nitrogens with zero attached hydrogens (tertiary/aromatic N) is 2. The number of hydrogen-bond acceptors (Lipinski definition) is 5. The van der Waals surface area contributed by atoms with Gasteiger partial charge < -0.3 is 0 Å². The van der Waals surface area contributed by atoms with Crippen molar-refractivity contribution < 1.29 is 13.2 Å². The first-order chi connectivity index (χ1) is 12.4. The Labute approximate surface area is 158 Å². The van der Waals surface area contributed by atoms with Crippen LogP contribution in [0.1, 0.15) is 54.2 Å². The van der Waals surface area contributed by atoms with Crippen molar-refractivity contribution >= 4 is 32.4 Å². The van der Waals surface area contributed by atoms with Crippen molar-refractivity contribution in [2.75, 3.05) is 18.4 Å². The van der Waals surface area contributed by atoms with Gasteiger partial charge in [-0.3, -0.25) is 10.1 Å². The molecule has 1 saturated carbocycles. The average Bonchev–Trinajstić information content (AvgIpc) is 3.35.